The maximum absolute atomic E-state index is 6.29. The molecule has 0 N–H and O–H groups in total. The fourth-order valence-corrected chi connectivity index (χ4v) is 4.16. The zero-order chi connectivity index (χ0) is 15.9. The van der Waals surface area contributed by atoms with Gasteiger partial charge in [0.1, 0.15) is 5.01 Å². The van der Waals surface area contributed by atoms with Crippen LogP contribution in [0.4, 0.5) is 0 Å². The third-order valence-electron chi connectivity index (χ3n) is 4.81. The van der Waals surface area contributed by atoms with Crippen molar-refractivity contribution in [2.45, 2.75) is 72.2 Å². The van der Waals surface area contributed by atoms with Crippen molar-refractivity contribution < 1.29 is 4.43 Å². The molecule has 0 aromatic carbocycles. The van der Waals surface area contributed by atoms with Gasteiger partial charge < -0.3 is 4.43 Å². The summed E-state index contributed by atoms with van der Waals surface area (Å²) in [7, 11) is -1.67. The minimum Gasteiger partial charge on any atom is -0.412 e. The van der Waals surface area contributed by atoms with Crippen molar-refractivity contribution in [1.29, 1.82) is 0 Å². The molecule has 1 aliphatic carbocycles. The van der Waals surface area contributed by atoms with Crippen LogP contribution in [0, 0.1) is 5.41 Å². The van der Waals surface area contributed by atoms with E-state index in [1.165, 1.54) is 21.9 Å². The van der Waals surface area contributed by atoms with Crippen molar-refractivity contribution in [3.63, 3.8) is 0 Å². The third-order valence-corrected chi connectivity index (χ3v) is 10.3. The summed E-state index contributed by atoms with van der Waals surface area (Å²) in [6.07, 6.45) is 6.78. The first-order chi connectivity index (χ1) is 9.50. The number of hydrogen-bond acceptors (Lipinski definition) is 3. The van der Waals surface area contributed by atoms with E-state index >= 15 is 0 Å². The van der Waals surface area contributed by atoms with Gasteiger partial charge in [-0.1, -0.05) is 40.7 Å². The summed E-state index contributed by atoms with van der Waals surface area (Å²) in [5, 5.41) is 1.45. The fourth-order valence-electron chi connectivity index (χ4n) is 2.23. The van der Waals surface area contributed by atoms with Gasteiger partial charge >= 0.3 is 0 Å². The molecule has 0 spiro atoms. The lowest BCUT2D eigenvalue weighted by Crippen LogP contribution is -2.40. The normalized spacial score (nSPS) is 18.9. The Morgan fingerprint density at radius 2 is 2.00 bits per heavy atom. The second kappa shape index (κ2) is 5.63. The molecule has 0 fully saturated rings. The number of allylic oxidation sites excluding steroid dienone is 2. The summed E-state index contributed by atoms with van der Waals surface area (Å²) < 4.78 is 6.29. The van der Waals surface area contributed by atoms with E-state index in [-0.39, 0.29) is 5.04 Å². The molecule has 0 aliphatic heterocycles. The van der Waals surface area contributed by atoms with Gasteiger partial charge in [0.25, 0.3) is 0 Å². The van der Waals surface area contributed by atoms with E-state index < -0.39 is 8.32 Å². The van der Waals surface area contributed by atoms with Crippen LogP contribution in [0.25, 0.3) is 5.57 Å². The Hall–Kier alpha value is -0.453. The Bertz CT molecular complexity index is 537. The highest BCUT2D eigenvalue weighted by molar-refractivity contribution is 7.12. The van der Waals surface area contributed by atoms with Gasteiger partial charge in [-0.2, -0.15) is 0 Å². The average Bonchev–Trinajstić information content (AvgIpc) is 2.91. The van der Waals surface area contributed by atoms with Crippen molar-refractivity contribution in [3.05, 3.63) is 22.2 Å². The molecule has 2 nitrogen and oxygen atoms in total. The lowest BCUT2D eigenvalue weighted by Gasteiger charge is -2.35. The third kappa shape index (κ3) is 4.05. The molecular formula is C17H29NOSSi. The van der Waals surface area contributed by atoms with Gasteiger partial charge in [-0.05, 0) is 42.0 Å². The van der Waals surface area contributed by atoms with Crippen LogP contribution < -0.4 is 0 Å². The second-order valence-electron chi connectivity index (χ2n) is 8.34. The van der Waals surface area contributed by atoms with Gasteiger partial charge in [-0.15, -0.1) is 11.3 Å². The lowest BCUT2D eigenvalue weighted by molar-refractivity contribution is 0.279. The highest BCUT2D eigenvalue weighted by Gasteiger charge is 2.37. The van der Waals surface area contributed by atoms with Crippen LogP contribution in [0.2, 0.25) is 18.1 Å². The van der Waals surface area contributed by atoms with Gasteiger partial charge in [-0.25, -0.2) is 4.98 Å². The first kappa shape index (κ1) is 16.9. The fraction of sp³-hybridized carbons (Fsp3) is 0.706. The zero-order valence-electron chi connectivity index (χ0n) is 14.5. The monoisotopic (exact) mass is 323 g/mol. The predicted octanol–water partition coefficient (Wildman–Crippen LogP) is 5.87. The number of nitrogens with zero attached hydrogens (tertiary/aromatic N) is 1. The van der Waals surface area contributed by atoms with Gasteiger partial charge in [0.2, 0.25) is 0 Å². The number of rotatable bonds is 4. The second-order valence-corrected chi connectivity index (χ2v) is 14.3. The molecule has 118 valence electrons. The van der Waals surface area contributed by atoms with E-state index in [1.807, 2.05) is 6.20 Å². The zero-order valence-corrected chi connectivity index (χ0v) is 16.4. The maximum atomic E-state index is 6.29. The minimum absolute atomic E-state index is 0.262. The summed E-state index contributed by atoms with van der Waals surface area (Å²) in [5.41, 5.74) is 1.75. The average molecular weight is 324 g/mol. The Morgan fingerprint density at radius 3 is 2.52 bits per heavy atom. The van der Waals surface area contributed by atoms with Crippen LogP contribution in [0.5, 0.6) is 0 Å². The molecule has 1 aliphatic rings. The van der Waals surface area contributed by atoms with Crippen molar-refractivity contribution in [3.8, 4) is 0 Å². The Kier molecular flexibility index (Phi) is 4.54. The molecule has 0 unspecified atom stereocenters. The highest BCUT2D eigenvalue weighted by atomic mass is 32.1. The first-order valence-electron chi connectivity index (χ1n) is 7.81. The van der Waals surface area contributed by atoms with Gasteiger partial charge in [0.05, 0.1) is 6.61 Å². The molecule has 1 aromatic heterocycles. The molecular weight excluding hydrogens is 294 g/mol. The van der Waals surface area contributed by atoms with E-state index in [2.05, 4.69) is 58.8 Å². The quantitative estimate of drug-likeness (QED) is 0.647. The molecule has 0 saturated carbocycles. The van der Waals surface area contributed by atoms with Crippen molar-refractivity contribution in [1.82, 2.24) is 4.98 Å². The van der Waals surface area contributed by atoms with Gasteiger partial charge in [0, 0.05) is 11.1 Å². The first-order valence-corrected chi connectivity index (χ1v) is 11.5. The molecule has 21 heavy (non-hydrogen) atoms. The van der Waals surface area contributed by atoms with Crippen molar-refractivity contribution in [2.24, 2.45) is 5.41 Å². The molecule has 0 bridgehead atoms. The van der Waals surface area contributed by atoms with Gasteiger partial charge in [0.15, 0.2) is 8.32 Å². The Balaban J connectivity index is 2.02. The van der Waals surface area contributed by atoms with Crippen LogP contribution in [0.3, 0.4) is 0 Å². The molecule has 0 radical (unpaired) electrons. The largest absolute Gasteiger partial charge is 0.412 e. The summed E-state index contributed by atoms with van der Waals surface area (Å²) in [4.78, 5) is 5.86. The maximum Gasteiger partial charge on any atom is 0.192 e. The van der Waals surface area contributed by atoms with Crippen molar-refractivity contribution >= 4 is 25.2 Å². The van der Waals surface area contributed by atoms with Crippen LogP contribution in [0.1, 0.15) is 57.3 Å². The molecule has 1 aromatic rings. The predicted molar refractivity (Wildman–Crippen MR) is 95.1 cm³/mol. The lowest BCUT2D eigenvalue weighted by atomic mass is 9.94. The molecule has 0 atom stereocenters. The minimum atomic E-state index is -1.67. The summed E-state index contributed by atoms with van der Waals surface area (Å²) in [6.45, 7) is 16.8. The molecule has 4 heteroatoms. The summed E-state index contributed by atoms with van der Waals surface area (Å²) in [5.74, 6) is 0. The van der Waals surface area contributed by atoms with E-state index in [1.54, 1.807) is 11.3 Å². The van der Waals surface area contributed by atoms with Crippen LogP contribution in [-0.2, 0) is 11.0 Å². The Morgan fingerprint density at radius 1 is 1.33 bits per heavy atom. The van der Waals surface area contributed by atoms with Crippen LogP contribution in [-0.4, -0.2) is 13.3 Å². The topological polar surface area (TPSA) is 22.1 Å². The summed E-state index contributed by atoms with van der Waals surface area (Å²) >= 11 is 1.80. The SMILES string of the molecule is CC1(C)C=C(c2ncc(CO[Si](C)(C)C(C)(C)C)s2)CC1. The summed E-state index contributed by atoms with van der Waals surface area (Å²) in [6, 6.07) is 0. The molecule has 0 saturated heterocycles. The van der Waals surface area contributed by atoms with E-state index in [0.29, 0.717) is 12.0 Å². The van der Waals surface area contributed by atoms with E-state index in [9.17, 15) is 0 Å². The smallest absolute Gasteiger partial charge is 0.192 e. The van der Waals surface area contributed by atoms with Crippen LogP contribution >= 0.6 is 11.3 Å². The molecule has 2 rings (SSSR count). The van der Waals surface area contributed by atoms with Gasteiger partial charge in [-0.3, -0.25) is 0 Å². The number of thiazole rings is 1. The number of aromatic nitrogens is 1. The standard InChI is InChI=1S/C17H29NOSSi/c1-16(2,3)21(6,7)19-12-14-11-18-15(20-14)13-8-9-17(4,5)10-13/h10-11H,8-9,12H2,1-7H3. The number of hydrogen-bond donors (Lipinski definition) is 0. The van der Waals surface area contributed by atoms with E-state index in [4.69, 9.17) is 4.43 Å². The highest BCUT2D eigenvalue weighted by Crippen LogP contribution is 2.41. The molecule has 0 amide bonds. The Labute approximate surface area is 134 Å². The van der Waals surface area contributed by atoms with E-state index in [0.717, 1.165) is 6.42 Å². The van der Waals surface area contributed by atoms with Crippen molar-refractivity contribution in [2.75, 3.05) is 0 Å². The van der Waals surface area contributed by atoms with Crippen LogP contribution in [0.15, 0.2) is 12.3 Å². The molecule has 1 heterocycles.